The van der Waals surface area contributed by atoms with Crippen LogP contribution in [0.25, 0.3) is 0 Å². The molecule has 0 aliphatic carbocycles. The molecular formula is C12H21FN4O2S. The highest BCUT2D eigenvalue weighted by Gasteiger charge is 2.33. The zero-order chi connectivity index (χ0) is 14.8. The number of rotatable bonds is 5. The minimum atomic E-state index is -3.40. The van der Waals surface area contributed by atoms with Crippen molar-refractivity contribution in [1.29, 1.82) is 0 Å². The van der Waals surface area contributed by atoms with Crippen LogP contribution < -0.4 is 0 Å². The van der Waals surface area contributed by atoms with E-state index in [1.807, 2.05) is 0 Å². The molecule has 0 N–H and O–H groups in total. The van der Waals surface area contributed by atoms with Crippen molar-refractivity contribution >= 4 is 10.0 Å². The van der Waals surface area contributed by atoms with Crippen molar-refractivity contribution in [2.45, 2.75) is 32.7 Å². The minimum Gasteiger partial charge on any atom is -0.250 e. The van der Waals surface area contributed by atoms with Gasteiger partial charge in [-0.15, -0.1) is 0 Å². The fourth-order valence-electron chi connectivity index (χ4n) is 2.41. The van der Waals surface area contributed by atoms with Gasteiger partial charge >= 0.3 is 0 Å². The fraction of sp³-hybridized carbons (Fsp3) is 0.833. The molecule has 20 heavy (non-hydrogen) atoms. The molecule has 8 heteroatoms. The highest BCUT2D eigenvalue weighted by atomic mass is 32.2. The Morgan fingerprint density at radius 3 is 2.50 bits per heavy atom. The fourth-order valence-corrected chi connectivity index (χ4v) is 4.43. The lowest BCUT2D eigenvalue weighted by Crippen LogP contribution is -2.43. The van der Waals surface area contributed by atoms with Gasteiger partial charge in [0.2, 0.25) is 10.0 Å². The van der Waals surface area contributed by atoms with Crippen LogP contribution in [0.1, 0.15) is 32.7 Å². The number of halogens is 1. The molecule has 6 nitrogen and oxygen atoms in total. The standard InChI is InChI=1S/C12H21FN4O2S/c1-12(2,7-13)8-20(18,19)16-5-3-11(4-6-16)17-10-14-9-15-17/h9-11H,3-8H2,1-2H3. The van der Waals surface area contributed by atoms with Crippen LogP contribution in [0.2, 0.25) is 0 Å². The largest absolute Gasteiger partial charge is 0.250 e. The summed E-state index contributed by atoms with van der Waals surface area (Å²) < 4.78 is 40.6. The normalized spacial score (nSPS) is 19.4. The molecule has 2 rings (SSSR count). The lowest BCUT2D eigenvalue weighted by molar-refractivity contribution is 0.249. The maximum absolute atomic E-state index is 12.8. The average molecular weight is 304 g/mol. The van der Waals surface area contributed by atoms with Crippen LogP contribution in [-0.4, -0.2) is 53.0 Å². The number of piperidine rings is 1. The molecule has 114 valence electrons. The zero-order valence-electron chi connectivity index (χ0n) is 11.9. The minimum absolute atomic E-state index is 0.148. The maximum Gasteiger partial charge on any atom is 0.214 e. The third-order valence-corrected chi connectivity index (χ3v) is 5.86. The number of aromatic nitrogens is 3. The smallest absolute Gasteiger partial charge is 0.214 e. The highest BCUT2D eigenvalue weighted by molar-refractivity contribution is 7.89. The van der Waals surface area contributed by atoms with Crippen molar-refractivity contribution in [3.8, 4) is 0 Å². The average Bonchev–Trinajstić information content (AvgIpc) is 2.92. The Balaban J connectivity index is 1.96. The zero-order valence-corrected chi connectivity index (χ0v) is 12.7. The van der Waals surface area contributed by atoms with Gasteiger partial charge in [0.1, 0.15) is 12.7 Å². The van der Waals surface area contributed by atoms with E-state index in [-0.39, 0.29) is 11.8 Å². The predicted octanol–water partition coefficient (Wildman–Crippen LogP) is 1.24. The van der Waals surface area contributed by atoms with Crippen molar-refractivity contribution in [3.05, 3.63) is 12.7 Å². The van der Waals surface area contributed by atoms with Gasteiger partial charge in [-0.2, -0.15) is 5.10 Å². The summed E-state index contributed by atoms with van der Waals surface area (Å²) in [5.74, 6) is -0.148. The third kappa shape index (κ3) is 3.54. The summed E-state index contributed by atoms with van der Waals surface area (Å²) in [5, 5.41) is 4.09. The first-order valence-corrected chi connectivity index (χ1v) is 8.33. The van der Waals surface area contributed by atoms with Gasteiger partial charge in [-0.25, -0.2) is 22.4 Å². The van der Waals surface area contributed by atoms with E-state index in [9.17, 15) is 12.8 Å². The molecule has 1 aromatic rings. The van der Waals surface area contributed by atoms with Crippen molar-refractivity contribution in [2.24, 2.45) is 5.41 Å². The Morgan fingerprint density at radius 1 is 1.35 bits per heavy atom. The molecule has 0 atom stereocenters. The van der Waals surface area contributed by atoms with Crippen LogP contribution in [0, 0.1) is 5.41 Å². The number of hydrogen-bond donors (Lipinski definition) is 0. The quantitative estimate of drug-likeness (QED) is 0.821. The Kier molecular flexibility index (Phi) is 4.43. The highest BCUT2D eigenvalue weighted by Crippen LogP contribution is 2.26. The van der Waals surface area contributed by atoms with Crippen molar-refractivity contribution in [3.63, 3.8) is 0 Å². The van der Waals surface area contributed by atoms with Crippen LogP contribution in [0.5, 0.6) is 0 Å². The molecule has 1 saturated heterocycles. The van der Waals surface area contributed by atoms with Crippen molar-refractivity contribution in [1.82, 2.24) is 19.1 Å². The second-order valence-electron chi connectivity index (χ2n) is 6.06. The predicted molar refractivity (Wildman–Crippen MR) is 73.4 cm³/mol. The van der Waals surface area contributed by atoms with E-state index in [0.717, 1.165) is 0 Å². The Labute approximate surface area is 119 Å². The van der Waals surface area contributed by atoms with Crippen LogP contribution in [0.15, 0.2) is 12.7 Å². The van der Waals surface area contributed by atoms with Gasteiger partial charge in [0.25, 0.3) is 0 Å². The van der Waals surface area contributed by atoms with Gasteiger partial charge in [0, 0.05) is 18.5 Å². The molecule has 1 aliphatic heterocycles. The van der Waals surface area contributed by atoms with Crippen LogP contribution in [0.3, 0.4) is 0 Å². The first kappa shape index (κ1) is 15.4. The summed E-state index contributed by atoms with van der Waals surface area (Å²) in [7, 11) is -3.40. The van der Waals surface area contributed by atoms with Gasteiger partial charge < -0.3 is 0 Å². The number of sulfonamides is 1. The molecule has 0 radical (unpaired) electrons. The van der Waals surface area contributed by atoms with Crippen LogP contribution >= 0.6 is 0 Å². The number of alkyl halides is 1. The summed E-state index contributed by atoms with van der Waals surface area (Å²) in [6.07, 6.45) is 4.55. The molecule has 0 saturated carbocycles. The van der Waals surface area contributed by atoms with Gasteiger partial charge in [-0.1, -0.05) is 13.8 Å². The van der Waals surface area contributed by atoms with Crippen molar-refractivity contribution in [2.75, 3.05) is 25.5 Å². The summed E-state index contributed by atoms with van der Waals surface area (Å²) in [6.45, 7) is 3.53. The molecule has 0 bridgehead atoms. The lowest BCUT2D eigenvalue weighted by Gasteiger charge is -2.33. The van der Waals surface area contributed by atoms with Crippen LogP contribution in [-0.2, 0) is 10.0 Å². The summed E-state index contributed by atoms with van der Waals surface area (Å²) in [4.78, 5) is 3.90. The summed E-state index contributed by atoms with van der Waals surface area (Å²) in [5.41, 5.74) is -0.832. The summed E-state index contributed by atoms with van der Waals surface area (Å²) >= 11 is 0. The Morgan fingerprint density at radius 2 is 2.00 bits per heavy atom. The second kappa shape index (κ2) is 5.77. The van der Waals surface area contributed by atoms with E-state index in [1.54, 1.807) is 24.9 Å². The van der Waals surface area contributed by atoms with E-state index in [2.05, 4.69) is 10.1 Å². The SMILES string of the molecule is CC(C)(CF)CS(=O)(=O)N1CCC(n2cncn2)CC1. The van der Waals surface area contributed by atoms with Gasteiger partial charge in [0.15, 0.2) is 0 Å². The number of hydrogen-bond acceptors (Lipinski definition) is 4. The van der Waals surface area contributed by atoms with E-state index in [0.29, 0.717) is 25.9 Å². The molecule has 2 heterocycles. The molecule has 0 aromatic carbocycles. The van der Waals surface area contributed by atoms with Crippen LogP contribution in [0.4, 0.5) is 4.39 Å². The number of nitrogens with zero attached hydrogens (tertiary/aromatic N) is 4. The van der Waals surface area contributed by atoms with E-state index < -0.39 is 22.1 Å². The molecule has 0 unspecified atom stereocenters. The van der Waals surface area contributed by atoms with Crippen molar-refractivity contribution < 1.29 is 12.8 Å². The topological polar surface area (TPSA) is 68.1 Å². The van der Waals surface area contributed by atoms with Gasteiger partial charge in [0.05, 0.1) is 18.5 Å². The molecule has 0 spiro atoms. The van der Waals surface area contributed by atoms with E-state index >= 15 is 0 Å². The molecule has 1 aliphatic rings. The molecule has 0 amide bonds. The van der Waals surface area contributed by atoms with E-state index in [1.165, 1.54) is 10.6 Å². The first-order chi connectivity index (χ1) is 9.34. The molecule has 1 aromatic heterocycles. The monoisotopic (exact) mass is 304 g/mol. The second-order valence-corrected chi connectivity index (χ2v) is 8.03. The van der Waals surface area contributed by atoms with Gasteiger partial charge in [-0.05, 0) is 12.8 Å². The first-order valence-electron chi connectivity index (χ1n) is 6.72. The Bertz CT molecular complexity index is 522. The molecular weight excluding hydrogens is 283 g/mol. The third-order valence-electron chi connectivity index (χ3n) is 3.56. The maximum atomic E-state index is 12.8. The van der Waals surface area contributed by atoms with Gasteiger partial charge in [-0.3, -0.25) is 4.39 Å². The lowest BCUT2D eigenvalue weighted by atomic mass is 9.99. The molecule has 1 fully saturated rings. The Hall–Kier alpha value is -1.02. The van der Waals surface area contributed by atoms with E-state index in [4.69, 9.17) is 0 Å². The summed E-state index contributed by atoms with van der Waals surface area (Å²) in [6, 6.07) is 0.193.